The number of carbonyl (C=O) groups excluding carboxylic acids is 1. The monoisotopic (exact) mass is 341 g/mol. The van der Waals surface area contributed by atoms with Crippen LogP contribution < -0.4 is 5.32 Å². The predicted molar refractivity (Wildman–Crippen MR) is 88.5 cm³/mol. The Morgan fingerprint density at radius 2 is 1.90 bits per heavy atom. The summed E-state index contributed by atoms with van der Waals surface area (Å²) in [7, 11) is 0. The number of rotatable bonds is 5. The van der Waals surface area contributed by atoms with E-state index in [0.717, 1.165) is 5.56 Å². The first-order valence-corrected chi connectivity index (χ1v) is 7.43. The molecule has 0 saturated carbocycles. The van der Waals surface area contributed by atoms with Gasteiger partial charge in [0.05, 0.1) is 0 Å². The molecule has 0 aliphatic carbocycles. The summed E-state index contributed by atoms with van der Waals surface area (Å²) in [6.07, 6.45) is 0.436. The van der Waals surface area contributed by atoms with Crippen molar-refractivity contribution in [2.75, 3.05) is 6.54 Å². The van der Waals surface area contributed by atoms with Crippen LogP contribution in [0.1, 0.15) is 21.9 Å². The molecule has 0 saturated heterocycles. The number of hydrogen-bond acceptors (Lipinski definition) is 3. The van der Waals surface area contributed by atoms with Gasteiger partial charge in [0, 0.05) is 27.9 Å². The normalized spacial score (nSPS) is 10.4. The van der Waals surface area contributed by atoms with Crippen LogP contribution in [0.25, 0.3) is 0 Å². The van der Waals surface area contributed by atoms with Gasteiger partial charge in [-0.05, 0) is 36.8 Å². The number of amides is 1. The largest absolute Gasteiger partial charge is 0.456 e. The SMILES string of the molecule is Cc1ccc(C(=O)NCC(=S)Cc2c(Cl)cccc2Cl)o1. The highest BCUT2D eigenvalue weighted by Gasteiger charge is 2.12. The van der Waals surface area contributed by atoms with Crippen molar-refractivity contribution >= 4 is 46.2 Å². The first-order chi connectivity index (χ1) is 9.97. The maximum absolute atomic E-state index is 11.8. The van der Waals surface area contributed by atoms with Gasteiger partial charge in [-0.15, -0.1) is 0 Å². The molecule has 1 aromatic heterocycles. The molecule has 1 N–H and O–H groups in total. The molecule has 2 aromatic rings. The van der Waals surface area contributed by atoms with E-state index in [0.29, 0.717) is 27.1 Å². The van der Waals surface area contributed by atoms with Crippen LogP contribution in [-0.2, 0) is 6.42 Å². The van der Waals surface area contributed by atoms with Gasteiger partial charge in [-0.2, -0.15) is 0 Å². The van der Waals surface area contributed by atoms with Crippen LogP contribution in [0, 0.1) is 6.92 Å². The Morgan fingerprint density at radius 3 is 2.48 bits per heavy atom. The van der Waals surface area contributed by atoms with Crippen LogP contribution in [0.3, 0.4) is 0 Å². The topological polar surface area (TPSA) is 42.2 Å². The molecule has 3 nitrogen and oxygen atoms in total. The third-order valence-electron chi connectivity index (χ3n) is 2.85. The van der Waals surface area contributed by atoms with Gasteiger partial charge in [0.2, 0.25) is 0 Å². The van der Waals surface area contributed by atoms with Crippen molar-refractivity contribution in [1.82, 2.24) is 5.32 Å². The fraction of sp³-hybridized carbons (Fsp3) is 0.200. The van der Waals surface area contributed by atoms with Crippen LogP contribution in [-0.4, -0.2) is 17.3 Å². The zero-order valence-electron chi connectivity index (χ0n) is 11.3. The van der Waals surface area contributed by atoms with E-state index in [1.807, 2.05) is 0 Å². The van der Waals surface area contributed by atoms with Crippen molar-refractivity contribution in [3.8, 4) is 0 Å². The minimum Gasteiger partial charge on any atom is -0.456 e. The van der Waals surface area contributed by atoms with E-state index in [4.69, 9.17) is 39.8 Å². The van der Waals surface area contributed by atoms with E-state index >= 15 is 0 Å². The number of halogens is 2. The van der Waals surface area contributed by atoms with Crippen LogP contribution in [0.15, 0.2) is 34.7 Å². The number of thiocarbonyl (C=S) groups is 1. The Morgan fingerprint density at radius 1 is 1.24 bits per heavy atom. The molecule has 0 aliphatic heterocycles. The quantitative estimate of drug-likeness (QED) is 0.827. The number of carbonyl (C=O) groups is 1. The zero-order chi connectivity index (χ0) is 15.4. The second-order valence-electron chi connectivity index (χ2n) is 4.51. The number of benzene rings is 1. The van der Waals surface area contributed by atoms with E-state index in [2.05, 4.69) is 5.32 Å². The van der Waals surface area contributed by atoms with E-state index in [9.17, 15) is 4.79 Å². The van der Waals surface area contributed by atoms with Gasteiger partial charge in [-0.3, -0.25) is 4.79 Å². The Bertz CT molecular complexity index is 662. The maximum Gasteiger partial charge on any atom is 0.287 e. The Hall–Kier alpha value is -1.36. The Balaban J connectivity index is 1.92. The van der Waals surface area contributed by atoms with E-state index < -0.39 is 0 Å². The van der Waals surface area contributed by atoms with Crippen LogP contribution in [0.5, 0.6) is 0 Å². The molecule has 0 atom stereocenters. The summed E-state index contributed by atoms with van der Waals surface area (Å²) in [5.74, 6) is 0.660. The second kappa shape index (κ2) is 7.07. The van der Waals surface area contributed by atoms with Crippen molar-refractivity contribution in [1.29, 1.82) is 0 Å². The fourth-order valence-corrected chi connectivity index (χ4v) is 2.53. The minimum atomic E-state index is -0.296. The lowest BCUT2D eigenvalue weighted by Crippen LogP contribution is -2.29. The molecule has 0 bridgehead atoms. The molecule has 0 fully saturated rings. The lowest BCUT2D eigenvalue weighted by atomic mass is 10.1. The maximum atomic E-state index is 11.8. The van der Waals surface area contributed by atoms with Gasteiger partial charge in [-0.1, -0.05) is 41.5 Å². The average Bonchev–Trinajstić information content (AvgIpc) is 2.87. The minimum absolute atomic E-state index is 0.259. The summed E-state index contributed by atoms with van der Waals surface area (Å²) in [6, 6.07) is 8.65. The molecule has 1 aromatic carbocycles. The highest BCUT2D eigenvalue weighted by Crippen LogP contribution is 2.24. The van der Waals surface area contributed by atoms with E-state index in [-0.39, 0.29) is 18.2 Å². The van der Waals surface area contributed by atoms with Crippen molar-refractivity contribution in [2.24, 2.45) is 0 Å². The average molecular weight is 342 g/mol. The first kappa shape index (κ1) is 16.0. The second-order valence-corrected chi connectivity index (χ2v) is 5.90. The number of furan rings is 1. The lowest BCUT2D eigenvalue weighted by molar-refractivity contribution is 0.0930. The molecule has 110 valence electrons. The zero-order valence-corrected chi connectivity index (χ0v) is 13.6. The van der Waals surface area contributed by atoms with Gasteiger partial charge >= 0.3 is 0 Å². The van der Waals surface area contributed by atoms with Gasteiger partial charge < -0.3 is 9.73 Å². The molecule has 0 spiro atoms. The van der Waals surface area contributed by atoms with Crippen molar-refractivity contribution in [2.45, 2.75) is 13.3 Å². The first-order valence-electron chi connectivity index (χ1n) is 6.26. The van der Waals surface area contributed by atoms with E-state index in [1.165, 1.54) is 0 Å². The van der Waals surface area contributed by atoms with Crippen molar-refractivity contribution in [3.05, 3.63) is 57.5 Å². The molecule has 1 amide bonds. The van der Waals surface area contributed by atoms with Gasteiger partial charge in [0.1, 0.15) is 5.76 Å². The van der Waals surface area contributed by atoms with Gasteiger partial charge in [0.25, 0.3) is 5.91 Å². The molecule has 0 unspecified atom stereocenters. The summed E-state index contributed by atoms with van der Waals surface area (Å²) in [5.41, 5.74) is 0.772. The molecule has 1 heterocycles. The van der Waals surface area contributed by atoms with Gasteiger partial charge in [0.15, 0.2) is 5.76 Å². The third kappa shape index (κ3) is 4.30. The van der Waals surface area contributed by atoms with Crippen LogP contribution >= 0.6 is 35.4 Å². The van der Waals surface area contributed by atoms with Crippen molar-refractivity contribution < 1.29 is 9.21 Å². The molecule has 2 rings (SSSR count). The summed E-state index contributed by atoms with van der Waals surface area (Å²) in [6.45, 7) is 2.04. The fourth-order valence-electron chi connectivity index (χ4n) is 1.78. The standard InChI is InChI=1S/C15H13Cl2NO2S/c1-9-5-6-14(20-9)15(19)18-8-10(21)7-11-12(16)3-2-4-13(11)17/h2-6H,7-8H2,1H3,(H,18,19). The highest BCUT2D eigenvalue weighted by atomic mass is 35.5. The summed E-state index contributed by atoms with van der Waals surface area (Å²) < 4.78 is 5.24. The van der Waals surface area contributed by atoms with Gasteiger partial charge in [-0.25, -0.2) is 0 Å². The molecular formula is C15H13Cl2NO2S. The molecule has 0 radical (unpaired) electrons. The molecule has 21 heavy (non-hydrogen) atoms. The lowest BCUT2D eigenvalue weighted by Gasteiger charge is -2.09. The molecule has 0 aliphatic rings. The highest BCUT2D eigenvalue weighted by molar-refractivity contribution is 7.80. The summed E-state index contributed by atoms with van der Waals surface area (Å²) in [5, 5.41) is 3.85. The number of aryl methyl sites for hydroxylation is 1. The van der Waals surface area contributed by atoms with Crippen molar-refractivity contribution in [3.63, 3.8) is 0 Å². The Labute approximate surface area is 138 Å². The summed E-state index contributed by atoms with van der Waals surface area (Å²) >= 11 is 17.4. The number of nitrogens with one attached hydrogen (secondary N) is 1. The smallest absolute Gasteiger partial charge is 0.287 e. The van der Waals surface area contributed by atoms with Crippen LogP contribution in [0.4, 0.5) is 0 Å². The molecule has 6 heteroatoms. The molecular weight excluding hydrogens is 329 g/mol. The third-order valence-corrected chi connectivity index (χ3v) is 3.84. The number of hydrogen-bond donors (Lipinski definition) is 1. The summed E-state index contributed by atoms with van der Waals surface area (Å²) in [4.78, 5) is 12.5. The van der Waals surface area contributed by atoms with E-state index in [1.54, 1.807) is 37.3 Å². The van der Waals surface area contributed by atoms with Crippen LogP contribution in [0.2, 0.25) is 10.0 Å². The predicted octanol–water partition coefficient (Wildman–Crippen LogP) is 4.24. The Kier molecular flexibility index (Phi) is 5.39.